The van der Waals surface area contributed by atoms with E-state index in [0.717, 1.165) is 24.2 Å². The molecule has 3 N–H and O–H groups in total. The third-order valence-corrected chi connectivity index (χ3v) is 5.44. The molecule has 0 aliphatic heterocycles. The van der Waals surface area contributed by atoms with Crippen molar-refractivity contribution >= 4 is 17.9 Å². The standard InChI is InChI=1S/C28H34N2O5/c1-20(2)35-25-11-7-22(8-12-25)19-26(28(33)29-16-17-31)30-27(32)23-9-13-24(14-10-23)34-18-15-21-5-3-4-6-21/h3,5,7-14,19-21,31H,4,6,15-18H2,1-2H3,(H,29,33)(H,30,32). The van der Waals surface area contributed by atoms with Crippen molar-refractivity contribution in [2.24, 2.45) is 5.92 Å². The second kappa shape index (κ2) is 13.3. The lowest BCUT2D eigenvalue weighted by atomic mass is 10.1. The fourth-order valence-electron chi connectivity index (χ4n) is 3.67. The molecule has 2 aromatic rings. The van der Waals surface area contributed by atoms with Gasteiger partial charge in [-0.1, -0.05) is 24.3 Å². The Morgan fingerprint density at radius 3 is 2.43 bits per heavy atom. The topological polar surface area (TPSA) is 96.9 Å². The third kappa shape index (κ3) is 8.61. The molecule has 1 unspecified atom stereocenters. The maximum atomic E-state index is 12.8. The van der Waals surface area contributed by atoms with E-state index < -0.39 is 11.8 Å². The van der Waals surface area contributed by atoms with Gasteiger partial charge in [-0.05, 0) is 87.1 Å². The first-order chi connectivity index (χ1) is 16.9. The summed E-state index contributed by atoms with van der Waals surface area (Å²) < 4.78 is 11.5. The molecule has 0 aromatic heterocycles. The van der Waals surface area contributed by atoms with Crippen LogP contribution in [0, 0.1) is 5.92 Å². The fourth-order valence-corrected chi connectivity index (χ4v) is 3.67. The second-order valence-electron chi connectivity index (χ2n) is 8.65. The molecule has 0 saturated carbocycles. The summed E-state index contributed by atoms with van der Waals surface area (Å²) >= 11 is 0. The number of benzene rings is 2. The van der Waals surface area contributed by atoms with Crippen LogP contribution in [0.4, 0.5) is 0 Å². The van der Waals surface area contributed by atoms with Gasteiger partial charge in [-0.2, -0.15) is 0 Å². The molecule has 0 saturated heterocycles. The number of rotatable bonds is 12. The van der Waals surface area contributed by atoms with Crippen molar-refractivity contribution < 1.29 is 24.2 Å². The quantitative estimate of drug-likeness (QED) is 0.315. The Morgan fingerprint density at radius 2 is 1.80 bits per heavy atom. The van der Waals surface area contributed by atoms with Gasteiger partial charge in [-0.15, -0.1) is 0 Å². The van der Waals surface area contributed by atoms with Gasteiger partial charge in [0.25, 0.3) is 11.8 Å². The van der Waals surface area contributed by atoms with Crippen LogP contribution in [-0.4, -0.2) is 42.8 Å². The molecule has 0 spiro atoms. The highest BCUT2D eigenvalue weighted by Crippen LogP contribution is 2.21. The van der Waals surface area contributed by atoms with E-state index in [1.807, 2.05) is 13.8 Å². The maximum absolute atomic E-state index is 12.8. The number of nitrogens with one attached hydrogen (secondary N) is 2. The van der Waals surface area contributed by atoms with E-state index in [2.05, 4.69) is 22.8 Å². The number of hydrogen-bond acceptors (Lipinski definition) is 5. The van der Waals surface area contributed by atoms with Crippen molar-refractivity contribution in [3.63, 3.8) is 0 Å². The second-order valence-corrected chi connectivity index (χ2v) is 8.65. The smallest absolute Gasteiger partial charge is 0.267 e. The molecule has 0 bridgehead atoms. The van der Waals surface area contributed by atoms with Gasteiger partial charge in [0.05, 0.1) is 19.3 Å². The minimum absolute atomic E-state index is 0.0525. The summed E-state index contributed by atoms with van der Waals surface area (Å²) in [5.74, 6) is 1.09. The van der Waals surface area contributed by atoms with E-state index in [4.69, 9.17) is 14.6 Å². The van der Waals surface area contributed by atoms with Crippen LogP contribution >= 0.6 is 0 Å². The lowest BCUT2D eigenvalue weighted by Gasteiger charge is -2.12. The predicted octanol–water partition coefficient (Wildman–Crippen LogP) is 4.09. The normalized spacial score (nSPS) is 15.2. The van der Waals surface area contributed by atoms with Gasteiger partial charge in [-0.3, -0.25) is 9.59 Å². The average Bonchev–Trinajstić information content (AvgIpc) is 3.37. The number of ether oxygens (including phenoxy) is 2. The average molecular weight is 479 g/mol. The molecule has 7 heteroatoms. The lowest BCUT2D eigenvalue weighted by Crippen LogP contribution is -2.36. The zero-order valence-electron chi connectivity index (χ0n) is 20.3. The summed E-state index contributed by atoms with van der Waals surface area (Å²) in [5.41, 5.74) is 1.19. The molecule has 1 aliphatic rings. The monoisotopic (exact) mass is 478 g/mol. The highest BCUT2D eigenvalue weighted by Gasteiger charge is 2.15. The fraction of sp³-hybridized carbons (Fsp3) is 0.357. The number of allylic oxidation sites excluding steroid dienone is 2. The molecule has 35 heavy (non-hydrogen) atoms. The molecule has 1 aliphatic carbocycles. The van der Waals surface area contributed by atoms with E-state index in [1.165, 1.54) is 6.42 Å². The van der Waals surface area contributed by atoms with E-state index in [1.54, 1.807) is 54.6 Å². The van der Waals surface area contributed by atoms with E-state index in [9.17, 15) is 9.59 Å². The molecule has 2 amide bonds. The van der Waals surface area contributed by atoms with Crippen molar-refractivity contribution in [1.82, 2.24) is 10.6 Å². The number of amides is 2. The van der Waals surface area contributed by atoms with Gasteiger partial charge in [0.15, 0.2) is 0 Å². The summed E-state index contributed by atoms with van der Waals surface area (Å²) in [5, 5.41) is 14.3. The number of carbonyl (C=O) groups is 2. The minimum atomic E-state index is -0.490. The van der Waals surface area contributed by atoms with Crippen LogP contribution in [0.15, 0.2) is 66.4 Å². The zero-order chi connectivity index (χ0) is 25.0. The van der Waals surface area contributed by atoms with Crippen LogP contribution in [0.5, 0.6) is 11.5 Å². The maximum Gasteiger partial charge on any atom is 0.267 e. The largest absolute Gasteiger partial charge is 0.494 e. The number of aliphatic hydroxyl groups is 1. The Balaban J connectivity index is 1.64. The van der Waals surface area contributed by atoms with Crippen LogP contribution < -0.4 is 20.1 Å². The Hall–Kier alpha value is -3.58. The van der Waals surface area contributed by atoms with E-state index in [-0.39, 0.29) is 25.0 Å². The molecule has 1 atom stereocenters. The van der Waals surface area contributed by atoms with Gasteiger partial charge in [0, 0.05) is 12.1 Å². The zero-order valence-corrected chi connectivity index (χ0v) is 20.3. The van der Waals surface area contributed by atoms with Gasteiger partial charge < -0.3 is 25.2 Å². The first-order valence-electron chi connectivity index (χ1n) is 12.0. The molecule has 2 aromatic carbocycles. The Labute approximate surface area is 206 Å². The summed E-state index contributed by atoms with van der Waals surface area (Å²) in [6, 6.07) is 14.1. The summed E-state index contributed by atoms with van der Waals surface area (Å²) in [4.78, 5) is 25.5. The molecule has 186 valence electrons. The molecule has 3 rings (SSSR count). The summed E-state index contributed by atoms with van der Waals surface area (Å²) in [6.07, 6.45) is 9.38. The van der Waals surface area contributed by atoms with Crippen LogP contribution in [-0.2, 0) is 4.79 Å². The Morgan fingerprint density at radius 1 is 1.09 bits per heavy atom. The van der Waals surface area contributed by atoms with E-state index in [0.29, 0.717) is 23.8 Å². The molecule has 0 radical (unpaired) electrons. The highest BCUT2D eigenvalue weighted by molar-refractivity contribution is 6.05. The Bertz CT molecular complexity index is 1030. The highest BCUT2D eigenvalue weighted by atomic mass is 16.5. The predicted molar refractivity (Wildman–Crippen MR) is 136 cm³/mol. The van der Waals surface area contributed by atoms with Crippen molar-refractivity contribution in [2.45, 2.75) is 39.2 Å². The van der Waals surface area contributed by atoms with Gasteiger partial charge in [0.1, 0.15) is 17.2 Å². The van der Waals surface area contributed by atoms with Crippen molar-refractivity contribution in [2.75, 3.05) is 19.8 Å². The molecular weight excluding hydrogens is 444 g/mol. The first-order valence-corrected chi connectivity index (χ1v) is 12.0. The molecule has 7 nitrogen and oxygen atoms in total. The van der Waals surface area contributed by atoms with Crippen LogP contribution in [0.1, 0.15) is 49.0 Å². The van der Waals surface area contributed by atoms with Crippen molar-refractivity contribution in [3.05, 3.63) is 77.5 Å². The number of aliphatic hydroxyl groups excluding tert-OH is 1. The van der Waals surface area contributed by atoms with E-state index >= 15 is 0 Å². The van der Waals surface area contributed by atoms with Crippen LogP contribution in [0.3, 0.4) is 0 Å². The summed E-state index contributed by atoms with van der Waals surface area (Å²) in [7, 11) is 0. The Kier molecular flexibility index (Phi) is 9.93. The molecular formula is C28H34N2O5. The van der Waals surface area contributed by atoms with Crippen molar-refractivity contribution in [1.29, 1.82) is 0 Å². The van der Waals surface area contributed by atoms with Crippen molar-refractivity contribution in [3.8, 4) is 11.5 Å². The molecule has 0 fully saturated rings. The number of hydrogen-bond donors (Lipinski definition) is 3. The van der Waals surface area contributed by atoms with Gasteiger partial charge in [0.2, 0.25) is 0 Å². The van der Waals surface area contributed by atoms with Gasteiger partial charge in [-0.25, -0.2) is 0 Å². The lowest BCUT2D eigenvalue weighted by molar-refractivity contribution is -0.117. The SMILES string of the molecule is CC(C)Oc1ccc(C=C(NC(=O)c2ccc(OCCC3C=CCC3)cc2)C(=O)NCCO)cc1. The first kappa shape index (κ1) is 26.0. The third-order valence-electron chi connectivity index (χ3n) is 5.44. The summed E-state index contributed by atoms with van der Waals surface area (Å²) in [6.45, 7) is 4.39. The number of carbonyl (C=O) groups excluding carboxylic acids is 2. The minimum Gasteiger partial charge on any atom is -0.494 e. The van der Waals surface area contributed by atoms with Crippen LogP contribution in [0.2, 0.25) is 0 Å². The molecule has 0 heterocycles. The van der Waals surface area contributed by atoms with Gasteiger partial charge >= 0.3 is 0 Å². The van der Waals surface area contributed by atoms with Crippen LogP contribution in [0.25, 0.3) is 6.08 Å².